The molecule has 1 aromatic heterocycles. The zero-order chi connectivity index (χ0) is 32.2. The van der Waals surface area contributed by atoms with Gasteiger partial charge >= 0.3 is 0 Å². The molecule has 228 valence electrons. The van der Waals surface area contributed by atoms with Crippen LogP contribution in [0.1, 0.15) is 79.4 Å². The van der Waals surface area contributed by atoms with Gasteiger partial charge in [-0.25, -0.2) is 0 Å². The van der Waals surface area contributed by atoms with Crippen molar-refractivity contribution in [2.75, 3.05) is 24.5 Å². The Morgan fingerprint density at radius 3 is 2.40 bits per heavy atom. The minimum atomic E-state index is -1.03. The summed E-state index contributed by atoms with van der Waals surface area (Å²) in [5.41, 5.74) is 1.99. The van der Waals surface area contributed by atoms with Gasteiger partial charge in [-0.15, -0.1) is 0 Å². The molecule has 3 amide bonds. The summed E-state index contributed by atoms with van der Waals surface area (Å²) < 4.78 is 2.00. The molecule has 7 rings (SSSR count). The molecule has 45 heavy (non-hydrogen) atoms. The molecule has 2 aromatic carbocycles. The van der Waals surface area contributed by atoms with Crippen molar-refractivity contribution in [1.82, 2.24) is 20.0 Å². The van der Waals surface area contributed by atoms with E-state index in [9.17, 15) is 24.6 Å². The lowest BCUT2D eigenvalue weighted by molar-refractivity contribution is -0.134. The van der Waals surface area contributed by atoms with Crippen molar-refractivity contribution >= 4 is 68.6 Å². The van der Waals surface area contributed by atoms with E-state index in [4.69, 9.17) is 15.7 Å². The van der Waals surface area contributed by atoms with Crippen LogP contribution in [0.4, 0.5) is 5.69 Å². The van der Waals surface area contributed by atoms with Gasteiger partial charge in [0.1, 0.15) is 33.2 Å². The number of nitrogens with one attached hydrogen (secondary N) is 1. The van der Waals surface area contributed by atoms with Crippen LogP contribution in [0.3, 0.4) is 0 Å². The van der Waals surface area contributed by atoms with Crippen LogP contribution >= 0.6 is 0 Å². The topological polar surface area (TPSA) is 128 Å². The summed E-state index contributed by atoms with van der Waals surface area (Å²) in [5.74, 6) is -2.28. The van der Waals surface area contributed by atoms with E-state index in [1.807, 2.05) is 10.9 Å². The van der Waals surface area contributed by atoms with Crippen LogP contribution in [0.5, 0.6) is 11.5 Å². The normalized spacial score (nSPS) is 21.4. The number of benzene rings is 2. The number of carbonyl (C=O) groups is 3. The summed E-state index contributed by atoms with van der Waals surface area (Å²) in [4.78, 5) is 41.9. The lowest BCUT2D eigenvalue weighted by atomic mass is 9.70. The second-order valence-electron chi connectivity index (χ2n) is 13.0. The SMILES string of the molecule is [B]C.[B]c1c(O)c2c3c(cc(O)c([B])c3c1Cc1cnn(C3CCN(CC4(C)CCC4)CC3)c1)C(=O)N2C1CCC(=O)NC1=O. The molecule has 0 bridgehead atoms. The number of hydrogen-bond donors (Lipinski definition) is 3. The molecular weight excluding hydrogens is 567 g/mol. The van der Waals surface area contributed by atoms with E-state index < -0.39 is 23.8 Å². The maximum atomic E-state index is 13.6. The number of carbonyl (C=O) groups excluding carboxylic acids is 3. The fourth-order valence-corrected chi connectivity index (χ4v) is 7.50. The number of aromatic hydroxyl groups is 2. The summed E-state index contributed by atoms with van der Waals surface area (Å²) >= 11 is 0. The predicted octanol–water partition coefficient (Wildman–Crippen LogP) is 1.42. The van der Waals surface area contributed by atoms with Gasteiger partial charge in [-0.05, 0) is 71.0 Å². The molecule has 6 radical (unpaired) electrons. The highest BCUT2D eigenvalue weighted by atomic mass is 16.3. The molecule has 3 aromatic rings. The summed E-state index contributed by atoms with van der Waals surface area (Å²) in [6.45, 7) is 7.13. The van der Waals surface area contributed by atoms with Gasteiger partial charge in [-0.3, -0.25) is 29.3 Å². The van der Waals surface area contributed by atoms with Crippen molar-refractivity contribution in [3.63, 3.8) is 0 Å². The number of imide groups is 1. The van der Waals surface area contributed by atoms with Gasteiger partial charge < -0.3 is 15.1 Å². The summed E-state index contributed by atoms with van der Waals surface area (Å²) in [7, 11) is 17.4. The minimum absolute atomic E-state index is 0.00305. The third-order valence-electron chi connectivity index (χ3n) is 10.0. The van der Waals surface area contributed by atoms with Gasteiger partial charge in [0.2, 0.25) is 11.8 Å². The van der Waals surface area contributed by atoms with E-state index in [0.29, 0.717) is 21.8 Å². The first-order valence-electron chi connectivity index (χ1n) is 15.6. The van der Waals surface area contributed by atoms with Crippen molar-refractivity contribution in [1.29, 1.82) is 0 Å². The largest absolute Gasteiger partial charge is 0.509 e. The molecule has 4 heterocycles. The Labute approximate surface area is 266 Å². The summed E-state index contributed by atoms with van der Waals surface area (Å²) in [6.07, 6.45) is 10.2. The van der Waals surface area contributed by atoms with E-state index in [2.05, 4.69) is 30.1 Å². The Hall–Kier alpha value is -3.73. The molecule has 1 aliphatic carbocycles. The monoisotopic (exact) mass is 603 g/mol. The number of hydrogen-bond acceptors (Lipinski definition) is 7. The zero-order valence-corrected chi connectivity index (χ0v) is 25.8. The van der Waals surface area contributed by atoms with Gasteiger partial charge in [0.15, 0.2) is 0 Å². The number of phenolic OH excluding ortho intramolecular Hbond substituents is 2. The van der Waals surface area contributed by atoms with Gasteiger partial charge in [0, 0.05) is 44.1 Å². The number of likely N-dealkylation sites (tertiary alicyclic amines) is 1. The molecule has 3 N–H and O–H groups in total. The first kappa shape index (κ1) is 31.3. The second-order valence-corrected chi connectivity index (χ2v) is 13.0. The Kier molecular flexibility index (Phi) is 8.26. The molecule has 1 atom stereocenters. The van der Waals surface area contributed by atoms with Crippen LogP contribution in [0.15, 0.2) is 18.5 Å². The van der Waals surface area contributed by atoms with E-state index in [0.717, 1.165) is 38.0 Å². The van der Waals surface area contributed by atoms with E-state index in [1.165, 1.54) is 37.1 Å². The molecule has 1 unspecified atom stereocenters. The van der Waals surface area contributed by atoms with E-state index in [-0.39, 0.29) is 59.0 Å². The minimum Gasteiger partial charge on any atom is -0.509 e. The number of nitrogens with zero attached hydrogens (tertiary/aromatic N) is 4. The predicted molar refractivity (Wildman–Crippen MR) is 174 cm³/mol. The fourth-order valence-electron chi connectivity index (χ4n) is 7.50. The van der Waals surface area contributed by atoms with Crippen molar-refractivity contribution in [3.05, 3.63) is 35.2 Å². The van der Waals surface area contributed by atoms with E-state index >= 15 is 0 Å². The second kappa shape index (κ2) is 11.9. The third-order valence-corrected chi connectivity index (χ3v) is 10.0. The van der Waals surface area contributed by atoms with Crippen LogP contribution in [-0.4, -0.2) is 91.8 Å². The van der Waals surface area contributed by atoms with Crippen molar-refractivity contribution in [2.24, 2.45) is 5.41 Å². The number of aromatic nitrogens is 2. The van der Waals surface area contributed by atoms with Gasteiger partial charge in [0.05, 0.1) is 31.3 Å². The van der Waals surface area contributed by atoms with Gasteiger partial charge in [-0.1, -0.05) is 20.2 Å². The van der Waals surface area contributed by atoms with Crippen LogP contribution in [0, 0.1) is 5.41 Å². The van der Waals surface area contributed by atoms with Crippen molar-refractivity contribution < 1.29 is 24.6 Å². The molecule has 0 spiro atoms. The molecule has 4 aliphatic rings. The summed E-state index contributed by atoms with van der Waals surface area (Å²) in [6, 6.07) is 0.512. The smallest absolute Gasteiger partial charge is 0.259 e. The molecule has 2 saturated heterocycles. The highest BCUT2D eigenvalue weighted by molar-refractivity contribution is 6.47. The molecule has 1 saturated carbocycles. The molecule has 13 heteroatoms. The Bertz CT molecular complexity index is 1700. The van der Waals surface area contributed by atoms with Crippen LogP contribution in [0.2, 0.25) is 6.82 Å². The van der Waals surface area contributed by atoms with Crippen molar-refractivity contribution in [3.8, 4) is 11.5 Å². The van der Waals surface area contributed by atoms with Crippen LogP contribution in [-0.2, 0) is 16.0 Å². The highest BCUT2D eigenvalue weighted by Crippen LogP contribution is 2.46. The average molecular weight is 603 g/mol. The Balaban J connectivity index is 0.00000175. The van der Waals surface area contributed by atoms with Gasteiger partial charge in [0.25, 0.3) is 5.91 Å². The van der Waals surface area contributed by atoms with Crippen molar-refractivity contribution in [2.45, 2.75) is 77.2 Å². The highest BCUT2D eigenvalue weighted by Gasteiger charge is 2.44. The maximum Gasteiger partial charge on any atom is 0.259 e. The number of amides is 3. The van der Waals surface area contributed by atoms with Crippen LogP contribution in [0.25, 0.3) is 10.8 Å². The Morgan fingerprint density at radius 1 is 1.04 bits per heavy atom. The third kappa shape index (κ3) is 5.32. The lowest BCUT2D eigenvalue weighted by Gasteiger charge is -2.44. The maximum absolute atomic E-state index is 13.6. The van der Waals surface area contributed by atoms with Crippen LogP contribution < -0.4 is 21.1 Å². The average Bonchev–Trinajstić information content (AvgIpc) is 3.59. The lowest BCUT2D eigenvalue weighted by Crippen LogP contribution is -2.53. The fraction of sp³-hybridized carbons (Fsp3) is 0.500. The number of rotatable bonds is 6. The quantitative estimate of drug-likeness (QED) is 0.288. The molecule has 3 aliphatic heterocycles. The molecule has 3 fully saturated rings. The summed E-state index contributed by atoms with van der Waals surface area (Å²) in [5, 5.41) is 29.7. The first-order chi connectivity index (χ1) is 21.5. The number of anilines is 1. The zero-order valence-electron chi connectivity index (χ0n) is 25.8. The first-order valence-corrected chi connectivity index (χ1v) is 15.6. The standard InChI is InChI=1S/C31H33B2N5O5.CH3B/c1-31(7-2-8-31)15-36-9-5-17(6-10-36)37-14-16(13-34-37)11-18-23-24-19(12-21(39)26(23)33)30(43)38(27(24)28(41)25(18)32)20-3-4-22(40)35-29(20)42;1-2/h12-14,17,20,39,41H,2-11,15H2,1H3,(H,35,40,42);1H3. The molecular formula is C32H36B3N5O5. The van der Waals surface area contributed by atoms with Gasteiger partial charge in [-0.2, -0.15) is 5.10 Å². The number of piperidine rings is 2. The molecule has 10 nitrogen and oxygen atoms in total. The Morgan fingerprint density at radius 2 is 1.76 bits per heavy atom. The number of phenols is 2. The van der Waals surface area contributed by atoms with E-state index in [1.54, 1.807) is 6.20 Å².